The van der Waals surface area contributed by atoms with Crippen LogP contribution in [0.3, 0.4) is 0 Å². The summed E-state index contributed by atoms with van der Waals surface area (Å²) in [5.41, 5.74) is 0.0539. The van der Waals surface area contributed by atoms with Crippen molar-refractivity contribution in [1.29, 1.82) is 0 Å². The van der Waals surface area contributed by atoms with Crippen LogP contribution in [0.1, 0.15) is 44.0 Å². The highest BCUT2D eigenvalue weighted by Crippen LogP contribution is 2.45. The van der Waals surface area contributed by atoms with Crippen LogP contribution < -0.4 is 5.32 Å². The Kier molecular flexibility index (Phi) is 5.42. The summed E-state index contributed by atoms with van der Waals surface area (Å²) in [6.45, 7) is 6.73. The molecule has 1 aliphatic rings. The van der Waals surface area contributed by atoms with Crippen molar-refractivity contribution in [3.8, 4) is 0 Å². The van der Waals surface area contributed by atoms with Crippen LogP contribution in [0, 0.1) is 5.41 Å². The quantitative estimate of drug-likeness (QED) is 0.783. The van der Waals surface area contributed by atoms with Gasteiger partial charge in [-0.1, -0.05) is 18.2 Å². The first kappa shape index (κ1) is 17.5. The van der Waals surface area contributed by atoms with E-state index in [0.717, 1.165) is 12.8 Å². The molecule has 1 saturated carbocycles. The smallest absolute Gasteiger partial charge is 0.338 e. The number of carbonyl (C=O) groups excluding carboxylic acids is 2. The van der Waals surface area contributed by atoms with Crippen molar-refractivity contribution in [1.82, 2.24) is 5.32 Å². The fourth-order valence-corrected chi connectivity index (χ4v) is 2.23. The van der Waals surface area contributed by atoms with Gasteiger partial charge in [0.1, 0.15) is 5.60 Å². The topological polar surface area (TPSA) is 64.6 Å². The second kappa shape index (κ2) is 7.13. The summed E-state index contributed by atoms with van der Waals surface area (Å²) in [6, 6.07) is 8.96. The van der Waals surface area contributed by atoms with Crippen molar-refractivity contribution in [3.05, 3.63) is 35.9 Å². The van der Waals surface area contributed by atoms with E-state index in [1.54, 1.807) is 12.1 Å². The van der Waals surface area contributed by atoms with Gasteiger partial charge in [-0.05, 0) is 45.7 Å². The number of carbonyl (C=O) groups is 2. The van der Waals surface area contributed by atoms with Crippen LogP contribution >= 0.6 is 0 Å². The van der Waals surface area contributed by atoms with E-state index in [2.05, 4.69) is 5.32 Å². The summed E-state index contributed by atoms with van der Waals surface area (Å²) in [5.74, 6) is -0.571. The Morgan fingerprint density at radius 1 is 1.17 bits per heavy atom. The molecule has 1 fully saturated rings. The largest absolute Gasteiger partial charge is 0.461 e. The Labute approximate surface area is 137 Å². The van der Waals surface area contributed by atoms with E-state index in [9.17, 15) is 9.59 Å². The second-order valence-electron chi connectivity index (χ2n) is 7.13. The van der Waals surface area contributed by atoms with Gasteiger partial charge in [-0.2, -0.15) is 0 Å². The van der Waals surface area contributed by atoms with Crippen LogP contribution in [0.25, 0.3) is 0 Å². The molecule has 1 aromatic rings. The Balaban J connectivity index is 1.70. The van der Waals surface area contributed by atoms with Crippen molar-refractivity contribution in [3.63, 3.8) is 0 Å². The highest BCUT2D eigenvalue weighted by molar-refractivity contribution is 5.89. The molecule has 2 rings (SSSR count). The number of nitrogens with one attached hydrogen (secondary N) is 1. The third kappa shape index (κ3) is 6.02. The van der Waals surface area contributed by atoms with Gasteiger partial charge in [0.05, 0.1) is 18.7 Å². The number of ether oxygens (including phenoxy) is 2. The Morgan fingerprint density at radius 2 is 1.83 bits per heavy atom. The Hall–Kier alpha value is -1.88. The predicted octanol–water partition coefficient (Wildman–Crippen LogP) is 2.55. The van der Waals surface area contributed by atoms with Gasteiger partial charge < -0.3 is 14.8 Å². The minimum Gasteiger partial charge on any atom is -0.461 e. The number of hydrogen-bond acceptors (Lipinski definition) is 5. The SMILES string of the molecule is CC(C)(C)OC(=O)CNCC1(COC(=O)c2ccccc2)CC1. The van der Waals surface area contributed by atoms with Gasteiger partial charge in [-0.25, -0.2) is 4.79 Å². The summed E-state index contributed by atoms with van der Waals surface area (Å²) in [5, 5.41) is 3.11. The van der Waals surface area contributed by atoms with Crippen molar-refractivity contribution in [2.24, 2.45) is 5.41 Å². The average molecular weight is 319 g/mol. The fraction of sp³-hybridized carbons (Fsp3) is 0.556. The molecule has 1 N–H and O–H groups in total. The third-order valence-electron chi connectivity index (χ3n) is 3.67. The van der Waals surface area contributed by atoms with E-state index in [1.165, 1.54) is 0 Å². The zero-order valence-corrected chi connectivity index (χ0v) is 14.1. The van der Waals surface area contributed by atoms with Crippen molar-refractivity contribution >= 4 is 11.9 Å². The molecule has 126 valence electrons. The van der Waals surface area contributed by atoms with Crippen molar-refractivity contribution in [2.45, 2.75) is 39.2 Å². The highest BCUT2D eigenvalue weighted by Gasteiger charge is 2.43. The molecular weight excluding hydrogens is 294 g/mol. The van der Waals surface area contributed by atoms with Crippen LogP contribution in [-0.4, -0.2) is 37.2 Å². The lowest BCUT2D eigenvalue weighted by Gasteiger charge is -2.20. The summed E-state index contributed by atoms with van der Waals surface area (Å²) in [7, 11) is 0. The van der Waals surface area contributed by atoms with Crippen LogP contribution in [-0.2, 0) is 14.3 Å². The van der Waals surface area contributed by atoms with Crippen molar-refractivity contribution < 1.29 is 19.1 Å². The molecule has 0 aliphatic heterocycles. The van der Waals surface area contributed by atoms with E-state index < -0.39 is 5.60 Å². The van der Waals surface area contributed by atoms with E-state index in [0.29, 0.717) is 18.7 Å². The number of esters is 2. The molecule has 5 nitrogen and oxygen atoms in total. The molecular formula is C18H25NO4. The lowest BCUT2D eigenvalue weighted by Crippen LogP contribution is -2.35. The number of benzene rings is 1. The first-order valence-electron chi connectivity index (χ1n) is 7.94. The Morgan fingerprint density at radius 3 is 2.39 bits per heavy atom. The molecule has 0 bridgehead atoms. The minimum atomic E-state index is -0.471. The predicted molar refractivity (Wildman–Crippen MR) is 87.1 cm³/mol. The van der Waals surface area contributed by atoms with Gasteiger partial charge in [-0.3, -0.25) is 4.79 Å². The zero-order valence-electron chi connectivity index (χ0n) is 14.1. The first-order chi connectivity index (χ1) is 10.8. The van der Waals surface area contributed by atoms with Gasteiger partial charge in [0.2, 0.25) is 0 Å². The first-order valence-corrected chi connectivity index (χ1v) is 7.94. The summed E-state index contributed by atoms with van der Waals surface area (Å²) >= 11 is 0. The molecule has 0 heterocycles. The van der Waals surface area contributed by atoms with Gasteiger partial charge in [-0.15, -0.1) is 0 Å². The van der Waals surface area contributed by atoms with Gasteiger partial charge in [0.25, 0.3) is 0 Å². The van der Waals surface area contributed by atoms with Gasteiger partial charge in [0, 0.05) is 12.0 Å². The van der Waals surface area contributed by atoms with Crippen LogP contribution in [0.5, 0.6) is 0 Å². The van der Waals surface area contributed by atoms with Crippen molar-refractivity contribution in [2.75, 3.05) is 19.7 Å². The lowest BCUT2D eigenvalue weighted by molar-refractivity contribution is -0.153. The van der Waals surface area contributed by atoms with Crippen LogP contribution in [0.4, 0.5) is 0 Å². The molecule has 0 amide bonds. The molecule has 0 radical (unpaired) electrons. The van der Waals surface area contributed by atoms with E-state index in [-0.39, 0.29) is 23.9 Å². The fourth-order valence-electron chi connectivity index (χ4n) is 2.23. The number of rotatable bonds is 7. The molecule has 1 aromatic carbocycles. The summed E-state index contributed by atoms with van der Waals surface area (Å²) in [4.78, 5) is 23.6. The summed E-state index contributed by atoms with van der Waals surface area (Å²) in [6.07, 6.45) is 1.99. The zero-order chi connectivity index (χ0) is 16.9. The molecule has 1 aliphatic carbocycles. The molecule has 0 atom stereocenters. The van der Waals surface area contributed by atoms with Crippen LogP contribution in [0.2, 0.25) is 0 Å². The average Bonchev–Trinajstić information content (AvgIpc) is 3.24. The van der Waals surface area contributed by atoms with Gasteiger partial charge >= 0.3 is 11.9 Å². The normalized spacial score (nSPS) is 15.8. The summed E-state index contributed by atoms with van der Waals surface area (Å²) < 4.78 is 10.6. The molecule has 23 heavy (non-hydrogen) atoms. The Bertz CT molecular complexity index is 544. The standard InChI is InChI=1S/C18H25NO4/c1-17(2,3)23-15(20)11-19-12-18(9-10-18)13-22-16(21)14-7-5-4-6-8-14/h4-8,19H,9-13H2,1-3H3. The molecule has 0 spiro atoms. The number of hydrogen-bond donors (Lipinski definition) is 1. The maximum absolute atomic E-state index is 11.9. The van der Waals surface area contributed by atoms with Gasteiger partial charge in [0.15, 0.2) is 0 Å². The highest BCUT2D eigenvalue weighted by atomic mass is 16.6. The minimum absolute atomic E-state index is 0.0353. The second-order valence-corrected chi connectivity index (χ2v) is 7.13. The monoisotopic (exact) mass is 319 g/mol. The molecule has 0 unspecified atom stereocenters. The lowest BCUT2D eigenvalue weighted by atomic mass is 10.1. The van der Waals surface area contributed by atoms with Crippen LogP contribution in [0.15, 0.2) is 30.3 Å². The van der Waals surface area contributed by atoms with E-state index in [1.807, 2.05) is 39.0 Å². The molecule has 0 saturated heterocycles. The maximum atomic E-state index is 11.9. The third-order valence-corrected chi connectivity index (χ3v) is 3.67. The van der Waals surface area contributed by atoms with E-state index >= 15 is 0 Å². The molecule has 0 aromatic heterocycles. The molecule has 5 heteroatoms. The maximum Gasteiger partial charge on any atom is 0.338 e. The van der Waals surface area contributed by atoms with E-state index in [4.69, 9.17) is 9.47 Å².